The van der Waals surface area contributed by atoms with Crippen molar-refractivity contribution in [3.63, 3.8) is 0 Å². The van der Waals surface area contributed by atoms with E-state index in [4.69, 9.17) is 4.42 Å². The molecule has 5 rings (SSSR count). The Kier molecular flexibility index (Phi) is 8.06. The van der Waals surface area contributed by atoms with E-state index < -0.39 is 23.4 Å². The van der Waals surface area contributed by atoms with Crippen molar-refractivity contribution < 1.29 is 27.2 Å². The molecule has 0 aliphatic carbocycles. The lowest BCUT2D eigenvalue weighted by molar-refractivity contribution is -0.141. The Morgan fingerprint density at radius 1 is 0.976 bits per heavy atom. The molecule has 1 aliphatic heterocycles. The molecule has 6 nitrogen and oxygen atoms in total. The highest BCUT2D eigenvalue weighted by atomic mass is 19.4. The van der Waals surface area contributed by atoms with Crippen LogP contribution in [0, 0.1) is 12.8 Å². The van der Waals surface area contributed by atoms with Gasteiger partial charge < -0.3 is 9.32 Å². The third-order valence-corrected chi connectivity index (χ3v) is 7.38. The maximum Gasteiger partial charge on any atom is 0.437 e. The van der Waals surface area contributed by atoms with Gasteiger partial charge in [0, 0.05) is 42.5 Å². The maximum absolute atomic E-state index is 13.7. The van der Waals surface area contributed by atoms with Crippen LogP contribution in [0.1, 0.15) is 63.2 Å². The zero-order valence-corrected chi connectivity index (χ0v) is 22.9. The number of alkyl halides is 3. The number of carbonyl (C=O) groups is 2. The summed E-state index contributed by atoms with van der Waals surface area (Å²) in [6.07, 6.45) is -1.52. The summed E-state index contributed by atoms with van der Waals surface area (Å²) in [6.45, 7) is 5.04. The highest BCUT2D eigenvalue weighted by Crippen LogP contribution is 2.35. The van der Waals surface area contributed by atoms with Crippen molar-refractivity contribution in [1.29, 1.82) is 0 Å². The summed E-state index contributed by atoms with van der Waals surface area (Å²) in [5.74, 6) is -1.32. The number of hydrogen-bond acceptors (Lipinski definition) is 6. The van der Waals surface area contributed by atoms with Crippen LogP contribution in [0.5, 0.6) is 0 Å². The van der Waals surface area contributed by atoms with Crippen LogP contribution in [0.3, 0.4) is 0 Å². The van der Waals surface area contributed by atoms with E-state index in [2.05, 4.69) is 9.97 Å². The van der Waals surface area contributed by atoms with E-state index in [1.54, 1.807) is 35.4 Å². The van der Waals surface area contributed by atoms with Crippen molar-refractivity contribution in [3.05, 3.63) is 101 Å². The second kappa shape index (κ2) is 11.7. The topological polar surface area (TPSA) is 76.3 Å². The summed E-state index contributed by atoms with van der Waals surface area (Å²) < 4.78 is 46.6. The first-order valence-electron chi connectivity index (χ1n) is 13.6. The summed E-state index contributed by atoms with van der Waals surface area (Å²) in [5.41, 5.74) is 3.22. The molecular weight excluding hydrogens is 531 g/mol. The first-order valence-corrected chi connectivity index (χ1v) is 13.6. The maximum atomic E-state index is 13.7. The number of anilines is 1. The molecule has 3 heterocycles. The number of rotatable bonds is 8. The molecule has 0 bridgehead atoms. The molecule has 2 aromatic heterocycles. The second-order valence-corrected chi connectivity index (χ2v) is 10.6. The van der Waals surface area contributed by atoms with Crippen LogP contribution in [0.2, 0.25) is 0 Å². The molecule has 1 atom stereocenters. The number of aromatic nitrogens is 2. The predicted molar refractivity (Wildman–Crippen MR) is 149 cm³/mol. The summed E-state index contributed by atoms with van der Waals surface area (Å²) >= 11 is 0. The average Bonchev–Trinajstić information content (AvgIpc) is 3.42. The number of benzene rings is 2. The highest BCUT2D eigenvalue weighted by molar-refractivity contribution is 5.98. The van der Waals surface area contributed by atoms with E-state index in [0.29, 0.717) is 36.7 Å². The SMILES string of the molecule is Cc1ccccc1CC(=O)c1ccc(-c2ccc(CC(=O)c3oc(N4CCCC(C)C4)nc3C(F)(F)F)nc2)cc1. The molecular formula is C32H30F3N3O3. The number of pyridine rings is 1. The third kappa shape index (κ3) is 6.56. The first-order chi connectivity index (χ1) is 19.6. The van der Waals surface area contributed by atoms with Crippen LogP contribution in [0.15, 0.2) is 71.3 Å². The Hall–Kier alpha value is -4.27. The Morgan fingerprint density at radius 3 is 2.37 bits per heavy atom. The fourth-order valence-electron chi connectivity index (χ4n) is 5.07. The minimum atomic E-state index is -4.82. The molecule has 2 aromatic carbocycles. The van der Waals surface area contributed by atoms with Gasteiger partial charge in [0.15, 0.2) is 11.5 Å². The fourth-order valence-corrected chi connectivity index (χ4v) is 5.07. The largest absolute Gasteiger partial charge is 0.437 e. The lowest BCUT2D eigenvalue weighted by atomic mass is 9.98. The van der Waals surface area contributed by atoms with E-state index in [9.17, 15) is 22.8 Å². The molecule has 1 fully saturated rings. The van der Waals surface area contributed by atoms with Gasteiger partial charge in [-0.1, -0.05) is 61.5 Å². The van der Waals surface area contributed by atoms with Gasteiger partial charge in [-0.3, -0.25) is 14.6 Å². The summed E-state index contributed by atoms with van der Waals surface area (Å²) in [4.78, 5) is 35.3. The molecule has 1 aliphatic rings. The second-order valence-electron chi connectivity index (χ2n) is 10.6. The molecule has 0 amide bonds. The molecule has 1 saturated heterocycles. The number of carbonyl (C=O) groups excluding carboxylic acids is 2. The normalized spacial score (nSPS) is 15.6. The van der Waals surface area contributed by atoms with Crippen LogP contribution in [-0.4, -0.2) is 34.6 Å². The average molecular weight is 562 g/mol. The van der Waals surface area contributed by atoms with Crippen LogP contribution in [0.4, 0.5) is 19.2 Å². The van der Waals surface area contributed by atoms with Crippen molar-refractivity contribution in [2.24, 2.45) is 5.92 Å². The van der Waals surface area contributed by atoms with Gasteiger partial charge in [0.2, 0.25) is 11.5 Å². The smallest absolute Gasteiger partial charge is 0.420 e. The van der Waals surface area contributed by atoms with Crippen molar-refractivity contribution in [1.82, 2.24) is 9.97 Å². The van der Waals surface area contributed by atoms with E-state index in [1.807, 2.05) is 50.2 Å². The summed E-state index contributed by atoms with van der Waals surface area (Å²) in [6, 6.07) is 18.1. The zero-order chi connectivity index (χ0) is 29.1. The lowest BCUT2D eigenvalue weighted by Gasteiger charge is -2.29. The Bertz CT molecular complexity index is 1540. The molecule has 1 unspecified atom stereocenters. The van der Waals surface area contributed by atoms with E-state index in [0.717, 1.165) is 35.1 Å². The number of nitrogens with zero attached hydrogens (tertiary/aromatic N) is 3. The number of Topliss-reactive ketones (excluding diaryl/α,β-unsaturated/α-hetero) is 2. The molecule has 4 aromatic rings. The van der Waals surface area contributed by atoms with Gasteiger partial charge in [0.1, 0.15) is 0 Å². The zero-order valence-electron chi connectivity index (χ0n) is 22.9. The third-order valence-electron chi connectivity index (χ3n) is 7.38. The van der Waals surface area contributed by atoms with Crippen molar-refractivity contribution in [2.45, 2.75) is 45.7 Å². The van der Waals surface area contributed by atoms with Crippen molar-refractivity contribution in [3.8, 4) is 11.1 Å². The van der Waals surface area contributed by atoms with Crippen molar-refractivity contribution in [2.75, 3.05) is 18.0 Å². The minimum Gasteiger partial charge on any atom is -0.420 e. The molecule has 41 heavy (non-hydrogen) atoms. The van der Waals surface area contributed by atoms with Gasteiger partial charge in [0.25, 0.3) is 6.01 Å². The lowest BCUT2D eigenvalue weighted by Crippen LogP contribution is -2.34. The van der Waals surface area contributed by atoms with Crippen LogP contribution in [-0.2, 0) is 19.0 Å². The monoisotopic (exact) mass is 561 g/mol. The minimum absolute atomic E-state index is 0.0152. The van der Waals surface area contributed by atoms with Crippen LogP contribution in [0.25, 0.3) is 11.1 Å². The molecule has 212 valence electrons. The molecule has 0 radical (unpaired) electrons. The van der Waals surface area contributed by atoms with E-state index >= 15 is 0 Å². The number of aryl methyl sites for hydroxylation is 1. The van der Waals surface area contributed by atoms with Gasteiger partial charge in [-0.25, -0.2) is 0 Å². The number of hydrogen-bond donors (Lipinski definition) is 0. The number of piperidine rings is 1. The van der Waals surface area contributed by atoms with Gasteiger partial charge in [0.05, 0.1) is 6.42 Å². The standard InChI is InChI=1S/C32H30F3N3O3/c1-20-6-5-15-38(19-20)31-37-30(32(33,34)35)29(41-31)28(40)17-26-14-13-25(18-36-26)22-9-11-23(12-10-22)27(39)16-24-8-4-3-7-21(24)2/h3-4,7-14,18,20H,5-6,15-17,19H2,1-2H3. The van der Waals surface area contributed by atoms with E-state index in [-0.39, 0.29) is 18.2 Å². The Balaban J connectivity index is 1.27. The highest BCUT2D eigenvalue weighted by Gasteiger charge is 2.42. The Morgan fingerprint density at radius 2 is 1.71 bits per heavy atom. The Labute approximate surface area is 236 Å². The van der Waals surface area contributed by atoms with Gasteiger partial charge >= 0.3 is 6.18 Å². The number of oxazole rings is 1. The molecule has 0 saturated carbocycles. The fraction of sp³-hybridized carbons (Fsp3) is 0.312. The molecule has 0 spiro atoms. The van der Waals surface area contributed by atoms with Crippen LogP contribution >= 0.6 is 0 Å². The van der Waals surface area contributed by atoms with Gasteiger partial charge in [-0.15, -0.1) is 0 Å². The molecule has 0 N–H and O–H groups in total. The predicted octanol–water partition coefficient (Wildman–Crippen LogP) is 7.15. The number of ketones is 2. The van der Waals surface area contributed by atoms with Crippen LogP contribution < -0.4 is 4.90 Å². The molecule has 9 heteroatoms. The van der Waals surface area contributed by atoms with Gasteiger partial charge in [-0.2, -0.15) is 18.2 Å². The summed E-state index contributed by atoms with van der Waals surface area (Å²) in [5, 5.41) is 0. The van der Waals surface area contributed by atoms with E-state index in [1.165, 1.54) is 0 Å². The number of halogens is 3. The van der Waals surface area contributed by atoms with Gasteiger partial charge in [-0.05, 0) is 48.4 Å². The summed E-state index contributed by atoms with van der Waals surface area (Å²) in [7, 11) is 0. The first kappa shape index (κ1) is 28.3. The quantitative estimate of drug-likeness (QED) is 0.213. The van der Waals surface area contributed by atoms with Crippen molar-refractivity contribution >= 4 is 17.6 Å².